The average molecular weight is 283 g/mol. The molecule has 2 aromatic carbocycles. The van der Waals surface area contributed by atoms with Crippen molar-refractivity contribution in [1.82, 2.24) is 0 Å². The summed E-state index contributed by atoms with van der Waals surface area (Å²) in [4.78, 5) is 10.3. The summed E-state index contributed by atoms with van der Waals surface area (Å²) in [7, 11) is 0. The summed E-state index contributed by atoms with van der Waals surface area (Å²) >= 11 is 0. The lowest BCUT2D eigenvalue weighted by Gasteiger charge is -2.18. The maximum absolute atomic E-state index is 10.7. The van der Waals surface area contributed by atoms with E-state index in [4.69, 9.17) is 4.74 Å². The molecule has 0 unspecified atom stereocenters. The zero-order chi connectivity index (χ0) is 14.7. The summed E-state index contributed by atoms with van der Waals surface area (Å²) in [6.07, 6.45) is 0.693. The van der Waals surface area contributed by atoms with Crippen molar-refractivity contribution in [1.29, 1.82) is 0 Å². The number of para-hydroxylation sites is 1. The minimum absolute atomic E-state index is 0.0348. The monoisotopic (exact) mass is 283 g/mol. The van der Waals surface area contributed by atoms with Gasteiger partial charge in [-0.3, -0.25) is 15.5 Å². The Morgan fingerprint density at radius 1 is 1.19 bits per heavy atom. The minimum atomic E-state index is -0.428. The molecule has 3 rings (SSSR count). The molecule has 1 N–H and O–H groups in total. The van der Waals surface area contributed by atoms with Gasteiger partial charge in [-0.25, -0.2) is 0 Å². The van der Waals surface area contributed by atoms with Gasteiger partial charge in [0, 0.05) is 24.1 Å². The predicted molar refractivity (Wildman–Crippen MR) is 79.8 cm³/mol. The number of nitro groups is 1. The molecule has 1 aliphatic rings. The molecular weight excluding hydrogens is 270 g/mol. The standard InChI is InChI=1S/C15H13N3O3/c19-18(20)12-5-3-4-11(10-12)16-17-14-8-9-21-15-7-2-1-6-13(14)15/h1-7,10,16H,8-9H2. The number of nitro benzene ring substituents is 1. The van der Waals surface area contributed by atoms with Crippen LogP contribution in [0, 0.1) is 10.1 Å². The van der Waals surface area contributed by atoms with Gasteiger partial charge >= 0.3 is 0 Å². The maximum Gasteiger partial charge on any atom is 0.271 e. The van der Waals surface area contributed by atoms with E-state index in [0.717, 1.165) is 17.0 Å². The van der Waals surface area contributed by atoms with Crippen LogP contribution in [0.2, 0.25) is 0 Å². The lowest BCUT2D eigenvalue weighted by atomic mass is 10.0. The fourth-order valence-corrected chi connectivity index (χ4v) is 2.16. The minimum Gasteiger partial charge on any atom is -0.492 e. The third-order valence-corrected chi connectivity index (χ3v) is 3.17. The molecule has 106 valence electrons. The van der Waals surface area contributed by atoms with E-state index in [0.29, 0.717) is 18.7 Å². The highest BCUT2D eigenvalue weighted by atomic mass is 16.6. The number of fused-ring (bicyclic) bond motifs is 1. The Balaban J connectivity index is 1.84. The Morgan fingerprint density at radius 3 is 2.90 bits per heavy atom. The Kier molecular flexibility index (Phi) is 3.51. The number of nitrogens with one attached hydrogen (secondary N) is 1. The normalized spacial score (nSPS) is 15.1. The van der Waals surface area contributed by atoms with Gasteiger partial charge in [-0.15, -0.1) is 0 Å². The van der Waals surface area contributed by atoms with Gasteiger partial charge in [0.1, 0.15) is 5.75 Å². The molecule has 0 amide bonds. The lowest BCUT2D eigenvalue weighted by Crippen LogP contribution is -2.17. The van der Waals surface area contributed by atoms with Crippen molar-refractivity contribution in [3.05, 3.63) is 64.2 Å². The van der Waals surface area contributed by atoms with Gasteiger partial charge < -0.3 is 4.74 Å². The molecule has 0 atom stereocenters. The lowest BCUT2D eigenvalue weighted by molar-refractivity contribution is -0.384. The Morgan fingerprint density at radius 2 is 2.05 bits per heavy atom. The molecule has 0 saturated heterocycles. The predicted octanol–water partition coefficient (Wildman–Crippen LogP) is 3.19. The molecule has 6 nitrogen and oxygen atoms in total. The Bertz CT molecular complexity index is 713. The number of anilines is 1. The van der Waals surface area contributed by atoms with Crippen molar-refractivity contribution in [3.8, 4) is 5.75 Å². The van der Waals surface area contributed by atoms with E-state index in [2.05, 4.69) is 10.5 Å². The number of rotatable bonds is 3. The first-order valence-electron chi connectivity index (χ1n) is 6.53. The number of hydrazone groups is 1. The van der Waals surface area contributed by atoms with Crippen molar-refractivity contribution < 1.29 is 9.66 Å². The molecule has 0 fully saturated rings. The van der Waals surface area contributed by atoms with Gasteiger partial charge in [0.15, 0.2) is 0 Å². The molecule has 2 aromatic rings. The first kappa shape index (κ1) is 13.1. The molecule has 1 aliphatic heterocycles. The van der Waals surface area contributed by atoms with Crippen molar-refractivity contribution >= 4 is 17.1 Å². The van der Waals surface area contributed by atoms with Crippen LogP contribution in [0.5, 0.6) is 5.75 Å². The summed E-state index contributed by atoms with van der Waals surface area (Å²) in [5.74, 6) is 0.809. The zero-order valence-electron chi connectivity index (χ0n) is 11.2. The molecular formula is C15H13N3O3. The molecule has 6 heteroatoms. The number of hydrogen-bond acceptors (Lipinski definition) is 5. The van der Waals surface area contributed by atoms with E-state index < -0.39 is 4.92 Å². The first-order valence-corrected chi connectivity index (χ1v) is 6.53. The van der Waals surface area contributed by atoms with Gasteiger partial charge in [0.05, 0.1) is 22.9 Å². The highest BCUT2D eigenvalue weighted by molar-refractivity contribution is 6.04. The third-order valence-electron chi connectivity index (χ3n) is 3.17. The van der Waals surface area contributed by atoms with Crippen LogP contribution in [0.25, 0.3) is 0 Å². The van der Waals surface area contributed by atoms with Crippen LogP contribution >= 0.6 is 0 Å². The Labute approximate surface area is 121 Å². The number of non-ortho nitro benzene ring substituents is 1. The average Bonchev–Trinajstić information content (AvgIpc) is 2.53. The second-order valence-electron chi connectivity index (χ2n) is 4.57. The van der Waals surface area contributed by atoms with Gasteiger partial charge in [-0.2, -0.15) is 5.10 Å². The third kappa shape index (κ3) is 2.84. The molecule has 0 bridgehead atoms. The van der Waals surface area contributed by atoms with Crippen LogP contribution in [0.3, 0.4) is 0 Å². The fraction of sp³-hybridized carbons (Fsp3) is 0.133. The van der Waals surface area contributed by atoms with E-state index >= 15 is 0 Å². The van der Waals surface area contributed by atoms with Gasteiger partial charge in [0.25, 0.3) is 5.69 Å². The fourth-order valence-electron chi connectivity index (χ4n) is 2.16. The van der Waals surface area contributed by atoms with Crippen molar-refractivity contribution in [2.24, 2.45) is 5.10 Å². The highest BCUT2D eigenvalue weighted by Crippen LogP contribution is 2.25. The van der Waals surface area contributed by atoms with E-state index in [9.17, 15) is 10.1 Å². The van der Waals surface area contributed by atoms with Crippen LogP contribution in [-0.2, 0) is 0 Å². The second-order valence-corrected chi connectivity index (χ2v) is 4.57. The SMILES string of the molecule is O=[N+]([O-])c1cccc(NN=C2CCOc3ccccc32)c1. The second kappa shape index (κ2) is 5.62. The number of hydrogen-bond donors (Lipinski definition) is 1. The topological polar surface area (TPSA) is 76.8 Å². The van der Waals surface area contributed by atoms with Crippen LogP contribution in [0.15, 0.2) is 53.6 Å². The summed E-state index contributed by atoms with van der Waals surface area (Å²) in [5, 5.41) is 15.1. The molecule has 0 spiro atoms. The van der Waals surface area contributed by atoms with E-state index in [1.165, 1.54) is 12.1 Å². The maximum atomic E-state index is 10.7. The number of nitrogens with zero attached hydrogens (tertiary/aromatic N) is 2. The smallest absolute Gasteiger partial charge is 0.271 e. The van der Waals surface area contributed by atoms with Crippen molar-refractivity contribution in [2.75, 3.05) is 12.0 Å². The number of benzene rings is 2. The summed E-state index contributed by atoms with van der Waals surface area (Å²) in [6.45, 7) is 0.576. The first-order chi connectivity index (χ1) is 10.2. The van der Waals surface area contributed by atoms with E-state index in [-0.39, 0.29) is 5.69 Å². The highest BCUT2D eigenvalue weighted by Gasteiger charge is 2.16. The van der Waals surface area contributed by atoms with Crippen LogP contribution < -0.4 is 10.2 Å². The summed E-state index contributed by atoms with van der Waals surface area (Å²) in [6, 6.07) is 13.9. The van der Waals surface area contributed by atoms with Crippen molar-refractivity contribution in [2.45, 2.75) is 6.42 Å². The van der Waals surface area contributed by atoms with Gasteiger partial charge in [-0.05, 0) is 18.2 Å². The van der Waals surface area contributed by atoms with Gasteiger partial charge in [-0.1, -0.05) is 18.2 Å². The van der Waals surface area contributed by atoms with Crippen LogP contribution in [0.1, 0.15) is 12.0 Å². The molecule has 0 aliphatic carbocycles. The van der Waals surface area contributed by atoms with E-state index in [1.807, 2.05) is 24.3 Å². The molecule has 21 heavy (non-hydrogen) atoms. The largest absolute Gasteiger partial charge is 0.492 e. The zero-order valence-corrected chi connectivity index (χ0v) is 11.2. The Hall–Kier alpha value is -2.89. The van der Waals surface area contributed by atoms with Crippen LogP contribution in [-0.4, -0.2) is 17.2 Å². The molecule has 0 saturated carbocycles. The quantitative estimate of drug-likeness (QED) is 0.693. The molecule has 1 heterocycles. The molecule has 0 aromatic heterocycles. The van der Waals surface area contributed by atoms with Crippen molar-refractivity contribution in [3.63, 3.8) is 0 Å². The van der Waals surface area contributed by atoms with Gasteiger partial charge in [0.2, 0.25) is 0 Å². The number of ether oxygens (including phenoxy) is 1. The summed E-state index contributed by atoms with van der Waals surface area (Å²) in [5.41, 5.74) is 5.32. The molecule has 0 radical (unpaired) electrons. The summed E-state index contributed by atoms with van der Waals surface area (Å²) < 4.78 is 5.56. The van der Waals surface area contributed by atoms with E-state index in [1.54, 1.807) is 12.1 Å². The van der Waals surface area contributed by atoms with Crippen LogP contribution in [0.4, 0.5) is 11.4 Å².